The van der Waals surface area contributed by atoms with Crippen molar-refractivity contribution >= 4 is 0 Å². The summed E-state index contributed by atoms with van der Waals surface area (Å²) in [4.78, 5) is 2.39. The number of aryl methyl sites for hydroxylation is 2. The lowest BCUT2D eigenvalue weighted by Gasteiger charge is -2.31. The summed E-state index contributed by atoms with van der Waals surface area (Å²) in [5, 5.41) is 15.5. The Morgan fingerprint density at radius 2 is 1.88 bits per heavy atom. The second-order valence-corrected chi connectivity index (χ2v) is 7.19. The first kappa shape index (κ1) is 17.2. The number of rotatable bonds is 7. The van der Waals surface area contributed by atoms with Gasteiger partial charge in [0.15, 0.2) is 0 Å². The van der Waals surface area contributed by atoms with E-state index in [1.54, 1.807) is 0 Å². The van der Waals surface area contributed by atoms with Gasteiger partial charge < -0.3 is 5.11 Å². The minimum absolute atomic E-state index is 0.524. The summed E-state index contributed by atoms with van der Waals surface area (Å²) in [5.41, 5.74) is 3.20. The van der Waals surface area contributed by atoms with Crippen molar-refractivity contribution in [3.8, 4) is 0 Å². The number of hydrogen-bond donors (Lipinski definition) is 1. The lowest BCUT2D eigenvalue weighted by atomic mass is 10.0. The van der Waals surface area contributed by atoms with E-state index < -0.39 is 5.60 Å². The fourth-order valence-corrected chi connectivity index (χ4v) is 3.87. The average molecular weight is 327 g/mol. The lowest BCUT2D eigenvalue weighted by molar-refractivity contribution is 0.00446. The van der Waals surface area contributed by atoms with Crippen molar-refractivity contribution in [2.75, 3.05) is 6.54 Å². The molecule has 0 unspecified atom stereocenters. The van der Waals surface area contributed by atoms with Crippen LogP contribution in [0.1, 0.15) is 49.4 Å². The van der Waals surface area contributed by atoms with Gasteiger partial charge in [-0.15, -0.1) is 0 Å². The summed E-state index contributed by atoms with van der Waals surface area (Å²) in [6.07, 6.45) is 7.19. The molecule has 0 aliphatic heterocycles. The zero-order chi connectivity index (χ0) is 17.0. The van der Waals surface area contributed by atoms with Gasteiger partial charge in [0.2, 0.25) is 0 Å². The molecule has 4 nitrogen and oxygen atoms in total. The van der Waals surface area contributed by atoms with Gasteiger partial charge in [0.05, 0.1) is 11.3 Å². The molecular formula is C20H29N3O. The van der Waals surface area contributed by atoms with Crippen molar-refractivity contribution < 1.29 is 5.11 Å². The highest BCUT2D eigenvalue weighted by Gasteiger charge is 2.33. The van der Waals surface area contributed by atoms with E-state index in [1.807, 2.05) is 11.7 Å². The van der Waals surface area contributed by atoms with Crippen molar-refractivity contribution in [1.29, 1.82) is 0 Å². The van der Waals surface area contributed by atoms with Crippen LogP contribution in [0.15, 0.2) is 36.5 Å². The van der Waals surface area contributed by atoms with Gasteiger partial charge in [-0.2, -0.15) is 5.10 Å². The van der Waals surface area contributed by atoms with Gasteiger partial charge in [0.25, 0.3) is 0 Å². The van der Waals surface area contributed by atoms with Crippen LogP contribution < -0.4 is 0 Å². The van der Waals surface area contributed by atoms with Crippen LogP contribution in [0.5, 0.6) is 0 Å². The van der Waals surface area contributed by atoms with Gasteiger partial charge in [0, 0.05) is 38.4 Å². The third kappa shape index (κ3) is 4.25. The molecule has 1 saturated carbocycles. The minimum atomic E-state index is -0.524. The Morgan fingerprint density at radius 3 is 2.54 bits per heavy atom. The lowest BCUT2D eigenvalue weighted by Crippen LogP contribution is -2.40. The fraction of sp³-hybridized carbons (Fsp3) is 0.550. The Bertz CT molecular complexity index is 644. The van der Waals surface area contributed by atoms with Gasteiger partial charge in [0.1, 0.15) is 0 Å². The Balaban J connectivity index is 1.78. The molecule has 4 heteroatoms. The number of hydrogen-bond acceptors (Lipinski definition) is 3. The van der Waals surface area contributed by atoms with Crippen LogP contribution in [-0.2, 0) is 26.6 Å². The van der Waals surface area contributed by atoms with Crippen LogP contribution in [-0.4, -0.2) is 31.9 Å². The van der Waals surface area contributed by atoms with Gasteiger partial charge in [-0.3, -0.25) is 9.58 Å². The van der Waals surface area contributed by atoms with E-state index >= 15 is 0 Å². The monoisotopic (exact) mass is 327 g/mol. The Morgan fingerprint density at radius 1 is 1.17 bits per heavy atom. The highest BCUT2D eigenvalue weighted by atomic mass is 16.3. The zero-order valence-electron chi connectivity index (χ0n) is 14.9. The second kappa shape index (κ2) is 7.49. The number of benzene rings is 1. The standard InChI is InChI=1S/C20H29N3O/c1-3-19-18(14-22(2)21-19)15-23(13-17-9-5-4-6-10-17)16-20(24)11-7-8-12-20/h4-6,9-10,14,24H,3,7-8,11-13,15-16H2,1-2H3. The molecular weight excluding hydrogens is 298 g/mol. The van der Waals surface area contributed by atoms with Gasteiger partial charge in [-0.1, -0.05) is 50.1 Å². The third-order valence-electron chi connectivity index (χ3n) is 5.02. The first-order valence-electron chi connectivity index (χ1n) is 9.08. The summed E-state index contributed by atoms with van der Waals surface area (Å²) in [5.74, 6) is 0. The summed E-state index contributed by atoms with van der Waals surface area (Å²) in [6, 6.07) is 10.5. The van der Waals surface area contributed by atoms with Gasteiger partial charge >= 0.3 is 0 Å². The largest absolute Gasteiger partial charge is 0.389 e. The molecule has 3 rings (SSSR count). The van der Waals surface area contributed by atoms with Gasteiger partial charge in [-0.05, 0) is 24.8 Å². The van der Waals surface area contributed by atoms with Gasteiger partial charge in [-0.25, -0.2) is 0 Å². The van der Waals surface area contributed by atoms with E-state index in [9.17, 15) is 5.11 Å². The van der Waals surface area contributed by atoms with Crippen molar-refractivity contribution in [3.05, 3.63) is 53.3 Å². The molecule has 2 aromatic rings. The van der Waals surface area contributed by atoms with E-state index in [2.05, 4.69) is 53.5 Å². The highest BCUT2D eigenvalue weighted by molar-refractivity contribution is 5.19. The molecule has 1 fully saturated rings. The molecule has 0 bridgehead atoms. The van der Waals surface area contributed by atoms with Crippen molar-refractivity contribution in [3.63, 3.8) is 0 Å². The molecule has 1 aliphatic carbocycles. The molecule has 130 valence electrons. The van der Waals surface area contributed by atoms with Crippen LogP contribution in [0.2, 0.25) is 0 Å². The second-order valence-electron chi connectivity index (χ2n) is 7.19. The predicted molar refractivity (Wildman–Crippen MR) is 96.6 cm³/mol. The predicted octanol–water partition coefficient (Wildman–Crippen LogP) is 3.29. The van der Waals surface area contributed by atoms with E-state index in [-0.39, 0.29) is 0 Å². The molecule has 1 N–H and O–H groups in total. The highest BCUT2D eigenvalue weighted by Crippen LogP contribution is 2.31. The third-order valence-corrected chi connectivity index (χ3v) is 5.02. The molecule has 0 amide bonds. The van der Waals surface area contributed by atoms with Crippen molar-refractivity contribution in [2.45, 2.75) is 57.7 Å². The summed E-state index contributed by atoms with van der Waals surface area (Å²) in [6.45, 7) is 4.59. The normalized spacial score (nSPS) is 16.8. The maximum absolute atomic E-state index is 10.9. The van der Waals surface area contributed by atoms with E-state index in [0.29, 0.717) is 0 Å². The SMILES string of the molecule is CCc1nn(C)cc1CN(Cc1ccccc1)CC1(O)CCCC1. The van der Waals surface area contributed by atoms with Crippen molar-refractivity contribution in [2.24, 2.45) is 7.05 Å². The molecule has 0 spiro atoms. The zero-order valence-corrected chi connectivity index (χ0v) is 14.9. The quantitative estimate of drug-likeness (QED) is 0.848. The summed E-state index contributed by atoms with van der Waals surface area (Å²) < 4.78 is 1.90. The molecule has 0 saturated heterocycles. The molecule has 1 aromatic carbocycles. The maximum Gasteiger partial charge on any atom is 0.0774 e. The average Bonchev–Trinajstić information content (AvgIpc) is 3.14. The number of aliphatic hydroxyl groups is 1. The maximum atomic E-state index is 10.9. The first-order chi connectivity index (χ1) is 11.6. The number of nitrogens with zero attached hydrogens (tertiary/aromatic N) is 3. The Labute approximate surface area is 145 Å². The van der Waals surface area contributed by atoms with E-state index in [0.717, 1.165) is 57.4 Å². The van der Waals surface area contributed by atoms with Crippen LogP contribution in [0.4, 0.5) is 0 Å². The van der Waals surface area contributed by atoms with Crippen LogP contribution in [0.3, 0.4) is 0 Å². The smallest absolute Gasteiger partial charge is 0.0774 e. The van der Waals surface area contributed by atoms with Crippen molar-refractivity contribution in [1.82, 2.24) is 14.7 Å². The minimum Gasteiger partial charge on any atom is -0.389 e. The first-order valence-corrected chi connectivity index (χ1v) is 9.08. The molecule has 1 aromatic heterocycles. The van der Waals surface area contributed by atoms with Crippen LogP contribution in [0, 0.1) is 0 Å². The Hall–Kier alpha value is -1.65. The molecule has 0 radical (unpaired) electrons. The molecule has 1 aliphatic rings. The Kier molecular flexibility index (Phi) is 5.36. The molecule has 24 heavy (non-hydrogen) atoms. The van der Waals surface area contributed by atoms with Crippen LogP contribution in [0.25, 0.3) is 0 Å². The number of aromatic nitrogens is 2. The molecule has 1 heterocycles. The van der Waals surface area contributed by atoms with E-state index in [1.165, 1.54) is 11.1 Å². The van der Waals surface area contributed by atoms with Crippen LogP contribution >= 0.6 is 0 Å². The summed E-state index contributed by atoms with van der Waals surface area (Å²) in [7, 11) is 1.98. The fourth-order valence-electron chi connectivity index (χ4n) is 3.87. The summed E-state index contributed by atoms with van der Waals surface area (Å²) >= 11 is 0. The van der Waals surface area contributed by atoms with E-state index in [4.69, 9.17) is 0 Å². The topological polar surface area (TPSA) is 41.3 Å². The molecule has 0 atom stereocenters.